The van der Waals surface area contributed by atoms with Gasteiger partial charge in [0.15, 0.2) is 5.15 Å². The topological polar surface area (TPSA) is 107 Å². The monoisotopic (exact) mass is 696 g/mol. The summed E-state index contributed by atoms with van der Waals surface area (Å²) in [5.74, 6) is 3.60. The van der Waals surface area contributed by atoms with Crippen LogP contribution in [0.25, 0.3) is 33.6 Å². The van der Waals surface area contributed by atoms with E-state index in [0.717, 1.165) is 97.3 Å². The second-order valence-corrected chi connectivity index (χ2v) is 15.6. The van der Waals surface area contributed by atoms with Crippen molar-refractivity contribution in [3.63, 3.8) is 0 Å². The number of nitrogens with zero attached hydrogens (tertiary/aromatic N) is 4. The largest absolute Gasteiger partial charge is 0.381 e. The second kappa shape index (κ2) is 14.7. The van der Waals surface area contributed by atoms with Crippen molar-refractivity contribution in [1.29, 1.82) is 0 Å². The van der Waals surface area contributed by atoms with Crippen LogP contribution in [-0.2, 0) is 14.3 Å². The molecule has 7 rings (SSSR count). The minimum Gasteiger partial charge on any atom is -0.381 e. The number of hydrogen-bond acceptors (Lipinski definition) is 5. The van der Waals surface area contributed by atoms with E-state index in [-0.39, 0.29) is 23.9 Å². The maximum Gasteiger partial charge on any atom is 0.223 e. The number of nitrogens with one attached hydrogen (secondary N) is 2. The number of amides is 2. The van der Waals surface area contributed by atoms with E-state index >= 15 is 0 Å². The van der Waals surface area contributed by atoms with Crippen molar-refractivity contribution in [2.45, 2.75) is 78.3 Å². The van der Waals surface area contributed by atoms with Crippen LogP contribution in [0.2, 0.25) is 5.15 Å². The summed E-state index contributed by atoms with van der Waals surface area (Å²) in [7, 11) is 0. The van der Waals surface area contributed by atoms with Gasteiger partial charge in [-0.2, -0.15) is 0 Å². The van der Waals surface area contributed by atoms with E-state index in [4.69, 9.17) is 26.3 Å². The van der Waals surface area contributed by atoms with E-state index in [9.17, 15) is 9.59 Å². The fourth-order valence-electron chi connectivity index (χ4n) is 7.99. The van der Waals surface area contributed by atoms with E-state index in [1.807, 2.05) is 16.0 Å². The van der Waals surface area contributed by atoms with E-state index in [1.165, 1.54) is 0 Å². The average molecular weight is 697 g/mol. The quantitative estimate of drug-likeness (QED) is 0.183. The predicted octanol–water partition coefficient (Wildman–Crippen LogP) is 8.47. The number of ether oxygens (including phenoxy) is 1. The van der Waals surface area contributed by atoms with Gasteiger partial charge in [0.1, 0.15) is 11.6 Å². The van der Waals surface area contributed by atoms with Crippen LogP contribution in [0.3, 0.4) is 0 Å². The van der Waals surface area contributed by atoms with Gasteiger partial charge < -0.3 is 24.5 Å². The van der Waals surface area contributed by atoms with Crippen LogP contribution < -0.4 is 0 Å². The summed E-state index contributed by atoms with van der Waals surface area (Å²) < 4.78 is 5.49. The molecule has 2 amide bonds. The first-order chi connectivity index (χ1) is 24.1. The number of hydrogen-bond donors (Lipinski definition) is 2. The number of aromatic nitrogens is 4. The van der Waals surface area contributed by atoms with Crippen LogP contribution >= 0.6 is 11.6 Å². The Labute approximate surface area is 300 Å². The number of carbonyl (C=O) groups excluding carboxylic acids is 2. The van der Waals surface area contributed by atoms with Crippen molar-refractivity contribution in [3.05, 3.63) is 71.5 Å². The molecule has 0 saturated carbocycles. The molecule has 50 heavy (non-hydrogen) atoms. The Bertz CT molecular complexity index is 1790. The molecule has 9 nitrogen and oxygen atoms in total. The number of H-pyrrole nitrogens is 2. The fourth-order valence-corrected chi connectivity index (χ4v) is 8.23. The molecule has 0 bridgehead atoms. The van der Waals surface area contributed by atoms with Crippen molar-refractivity contribution in [1.82, 2.24) is 29.7 Å². The lowest BCUT2D eigenvalue weighted by molar-refractivity contribution is -0.134. The summed E-state index contributed by atoms with van der Waals surface area (Å²) in [4.78, 5) is 46.8. The fraction of sp³-hybridized carbons (Fsp3) is 0.500. The highest BCUT2D eigenvalue weighted by Crippen LogP contribution is 2.39. The molecular weight excluding hydrogens is 648 g/mol. The summed E-state index contributed by atoms with van der Waals surface area (Å²) in [6, 6.07) is 16.7. The highest BCUT2D eigenvalue weighted by atomic mass is 35.5. The van der Waals surface area contributed by atoms with Crippen LogP contribution in [0.4, 0.5) is 0 Å². The Morgan fingerprint density at radius 1 is 0.820 bits per heavy atom. The van der Waals surface area contributed by atoms with Gasteiger partial charge in [-0.25, -0.2) is 9.97 Å². The molecule has 0 unspecified atom stereocenters. The first-order valence-corrected chi connectivity index (χ1v) is 18.7. The highest BCUT2D eigenvalue weighted by molar-refractivity contribution is 6.31. The molecule has 4 aromatic rings. The van der Waals surface area contributed by atoms with Crippen LogP contribution in [0, 0.1) is 23.7 Å². The Morgan fingerprint density at radius 3 is 2.00 bits per heavy atom. The molecule has 0 aliphatic carbocycles. The number of rotatable bonds is 9. The van der Waals surface area contributed by atoms with E-state index in [1.54, 1.807) is 0 Å². The number of likely N-dealkylation sites (tertiary alicyclic amines) is 2. The molecule has 264 valence electrons. The molecule has 3 saturated heterocycles. The summed E-state index contributed by atoms with van der Waals surface area (Å²) in [5, 5.41) is 0.423. The van der Waals surface area contributed by atoms with E-state index in [0.29, 0.717) is 41.7 Å². The Kier molecular flexibility index (Phi) is 10.2. The average Bonchev–Trinajstić information content (AvgIpc) is 3.91. The number of imidazole rings is 2. The summed E-state index contributed by atoms with van der Waals surface area (Å²) in [5.41, 5.74) is 5.92. The molecule has 3 aliphatic rings. The van der Waals surface area contributed by atoms with Crippen LogP contribution in [0.15, 0.2) is 54.7 Å². The van der Waals surface area contributed by atoms with Gasteiger partial charge in [-0.1, -0.05) is 87.8 Å². The van der Waals surface area contributed by atoms with Crippen LogP contribution in [-0.4, -0.2) is 67.9 Å². The van der Waals surface area contributed by atoms with Gasteiger partial charge in [0.25, 0.3) is 0 Å². The maximum atomic E-state index is 13.4. The van der Waals surface area contributed by atoms with Gasteiger partial charge in [-0.15, -0.1) is 0 Å². The maximum absolute atomic E-state index is 13.4. The lowest BCUT2D eigenvalue weighted by Crippen LogP contribution is -2.33. The lowest BCUT2D eigenvalue weighted by Gasteiger charge is -2.27. The van der Waals surface area contributed by atoms with E-state index in [2.05, 4.69) is 86.2 Å². The third-order valence-corrected chi connectivity index (χ3v) is 10.9. The smallest absolute Gasteiger partial charge is 0.223 e. The molecule has 0 spiro atoms. The van der Waals surface area contributed by atoms with Crippen molar-refractivity contribution in [3.8, 4) is 33.6 Å². The predicted molar refractivity (Wildman–Crippen MR) is 196 cm³/mol. The molecule has 3 fully saturated rings. The van der Waals surface area contributed by atoms with Gasteiger partial charge in [-0.3, -0.25) is 9.59 Å². The first kappa shape index (κ1) is 34.5. The van der Waals surface area contributed by atoms with Gasteiger partial charge in [0.05, 0.1) is 29.7 Å². The zero-order valence-corrected chi connectivity index (χ0v) is 30.4. The van der Waals surface area contributed by atoms with E-state index < -0.39 is 0 Å². The van der Waals surface area contributed by atoms with Crippen molar-refractivity contribution in [2.24, 2.45) is 23.7 Å². The van der Waals surface area contributed by atoms with Gasteiger partial charge in [-0.05, 0) is 66.0 Å². The zero-order valence-electron chi connectivity index (χ0n) is 29.6. The van der Waals surface area contributed by atoms with Crippen LogP contribution in [0.5, 0.6) is 0 Å². The Morgan fingerprint density at radius 2 is 1.38 bits per heavy atom. The highest BCUT2D eigenvalue weighted by Gasteiger charge is 2.38. The first-order valence-electron chi connectivity index (χ1n) is 18.3. The number of benzene rings is 2. The van der Waals surface area contributed by atoms with Crippen molar-refractivity contribution < 1.29 is 14.3 Å². The van der Waals surface area contributed by atoms with Gasteiger partial charge >= 0.3 is 0 Å². The third kappa shape index (κ3) is 7.40. The molecule has 3 aliphatic heterocycles. The normalized spacial score (nSPS) is 22.9. The SMILES string of the molecule is CC(C)CC(=O)N1C[C@@H](C)C[C@H]1c1ncc(-c2ccc(-c3ccc(-c4[nH]c([C@@H]5C[C@H](C)CN5C(=O)CC5CCOCC5)nc4Cl)cc3)cc2)[nH]1. The zero-order chi connectivity index (χ0) is 34.9. The van der Waals surface area contributed by atoms with Gasteiger partial charge in [0.2, 0.25) is 11.8 Å². The minimum absolute atomic E-state index is 0.00690. The molecule has 4 atom stereocenters. The van der Waals surface area contributed by atoms with Crippen LogP contribution in [0.1, 0.15) is 90.0 Å². The third-order valence-electron chi connectivity index (χ3n) is 10.7. The molecule has 0 radical (unpaired) electrons. The Hall–Kier alpha value is -3.95. The standard InChI is InChI=1S/C40H49ClN6O3/c1-24(2)17-35(48)46-22-25(3)18-33(46)39-42-21-32(43-39)30-9-5-28(6-10-30)29-7-11-31(12-8-29)37-38(41)45-40(44-37)34-19-26(4)23-47(34)36(49)20-27-13-15-50-16-14-27/h5-12,21,24-27,33-34H,13-20,22-23H2,1-4H3,(H,42,43)(H,44,45)/t25-,26-,33-,34-/m0/s1. The molecule has 2 N–H and O–H groups in total. The summed E-state index contributed by atoms with van der Waals surface area (Å²) in [6.45, 7) is 11.6. The lowest BCUT2D eigenvalue weighted by atomic mass is 9.96. The number of carbonyl (C=O) groups is 2. The van der Waals surface area contributed by atoms with Crippen molar-refractivity contribution in [2.75, 3.05) is 26.3 Å². The molecule has 10 heteroatoms. The second-order valence-electron chi connectivity index (χ2n) is 15.3. The molecule has 2 aromatic carbocycles. The summed E-state index contributed by atoms with van der Waals surface area (Å²) >= 11 is 6.72. The minimum atomic E-state index is -0.0969. The van der Waals surface area contributed by atoms with Gasteiger partial charge in [0, 0.05) is 44.7 Å². The summed E-state index contributed by atoms with van der Waals surface area (Å²) in [6.07, 6.45) is 6.70. The van der Waals surface area contributed by atoms with Crippen molar-refractivity contribution >= 4 is 23.4 Å². The number of aromatic amines is 2. The number of halogens is 1. The molecule has 5 heterocycles. The molecule has 2 aromatic heterocycles. The Balaban J connectivity index is 1.02. The molecular formula is C40H49ClN6O3.